The average Bonchev–Trinajstić information content (AvgIpc) is 3.17. The number of carbonyl (C=O) groups excluding carboxylic acids is 1. The molecule has 0 fully saturated rings. The lowest BCUT2D eigenvalue weighted by Crippen LogP contribution is -2.36. The van der Waals surface area contributed by atoms with E-state index >= 15 is 0 Å². The summed E-state index contributed by atoms with van der Waals surface area (Å²) in [6, 6.07) is 11.9. The number of phenols is 1. The summed E-state index contributed by atoms with van der Waals surface area (Å²) >= 11 is 7.45. The van der Waals surface area contributed by atoms with E-state index in [2.05, 4.69) is 5.32 Å². The molecule has 0 aliphatic carbocycles. The first kappa shape index (κ1) is 20.4. The fraction of sp³-hybridized carbons (Fsp3) is 0.182. The van der Waals surface area contributed by atoms with Gasteiger partial charge in [-0.2, -0.15) is 0 Å². The molecule has 1 aromatic heterocycles. The van der Waals surface area contributed by atoms with E-state index in [-0.39, 0.29) is 17.2 Å². The van der Waals surface area contributed by atoms with E-state index in [0.717, 1.165) is 5.56 Å². The molecule has 3 aromatic rings. The molecule has 2 heterocycles. The van der Waals surface area contributed by atoms with E-state index in [0.29, 0.717) is 44.1 Å². The summed E-state index contributed by atoms with van der Waals surface area (Å²) in [7, 11) is 3.87. The monoisotopic (exact) mass is 441 g/mol. The van der Waals surface area contributed by atoms with Crippen molar-refractivity contribution in [1.82, 2.24) is 9.47 Å². The summed E-state index contributed by atoms with van der Waals surface area (Å²) in [4.78, 5) is 28.0. The van der Waals surface area contributed by atoms with E-state index in [4.69, 9.17) is 11.6 Å². The number of benzene rings is 2. The minimum Gasteiger partial charge on any atom is -0.508 e. The Morgan fingerprint density at radius 1 is 1.17 bits per heavy atom. The predicted octanol–water partition coefficient (Wildman–Crippen LogP) is 1.81. The van der Waals surface area contributed by atoms with Gasteiger partial charge >= 0.3 is 0 Å². The molecular weight excluding hydrogens is 422 g/mol. The molecule has 4 rings (SSSR count). The minimum atomic E-state index is -0.247. The molecule has 2 aromatic carbocycles. The van der Waals surface area contributed by atoms with Gasteiger partial charge in [0.1, 0.15) is 10.4 Å². The van der Waals surface area contributed by atoms with Gasteiger partial charge in [0, 0.05) is 29.4 Å². The normalized spacial score (nSPS) is 15.6. The van der Waals surface area contributed by atoms with Crippen LogP contribution in [0.3, 0.4) is 0 Å². The Morgan fingerprint density at radius 3 is 2.60 bits per heavy atom. The number of nitrogens with zero attached hydrogens (tertiary/aromatic N) is 2. The topological polar surface area (TPSA) is 74.6 Å². The number of likely N-dealkylation sites (N-methyl/N-ethyl adjacent to an activating group) is 1. The van der Waals surface area contributed by atoms with E-state index in [1.165, 1.54) is 11.3 Å². The van der Waals surface area contributed by atoms with Gasteiger partial charge in [0.25, 0.3) is 11.5 Å². The van der Waals surface area contributed by atoms with Crippen molar-refractivity contribution in [2.24, 2.45) is 0 Å². The molecule has 0 unspecified atom stereocenters. The maximum Gasteiger partial charge on any atom is 0.269 e. The van der Waals surface area contributed by atoms with Gasteiger partial charge in [-0.3, -0.25) is 14.2 Å². The first-order valence-electron chi connectivity index (χ1n) is 9.34. The van der Waals surface area contributed by atoms with Gasteiger partial charge < -0.3 is 15.3 Å². The molecule has 154 valence electrons. The number of hydrogen-bond acceptors (Lipinski definition) is 5. The third-order valence-electron chi connectivity index (χ3n) is 4.81. The molecular formula is C22H20ClN3O3S. The molecule has 0 radical (unpaired) electrons. The summed E-state index contributed by atoms with van der Waals surface area (Å²) in [6.07, 6.45) is 1.77. The SMILES string of the molecule is CN(C)CCn1c(=O)c(=Cc2ccc(O)cc2)s/c1=C1\C(=O)Nc2ccc(Cl)cc21. The number of thiazole rings is 1. The number of rotatable bonds is 4. The van der Waals surface area contributed by atoms with Crippen LogP contribution in [0.25, 0.3) is 11.6 Å². The van der Waals surface area contributed by atoms with Gasteiger partial charge in [-0.05, 0) is 56.1 Å². The van der Waals surface area contributed by atoms with Crippen molar-refractivity contribution in [1.29, 1.82) is 0 Å². The van der Waals surface area contributed by atoms with E-state index in [1.54, 1.807) is 53.1 Å². The van der Waals surface area contributed by atoms with Gasteiger partial charge in [-0.1, -0.05) is 23.7 Å². The van der Waals surface area contributed by atoms with Crippen LogP contribution < -0.4 is 20.1 Å². The molecule has 1 amide bonds. The highest BCUT2D eigenvalue weighted by Gasteiger charge is 2.27. The van der Waals surface area contributed by atoms with Crippen molar-refractivity contribution < 1.29 is 9.90 Å². The fourth-order valence-corrected chi connectivity index (χ4v) is 4.64. The first-order chi connectivity index (χ1) is 14.3. The smallest absolute Gasteiger partial charge is 0.269 e. The predicted molar refractivity (Wildman–Crippen MR) is 121 cm³/mol. The molecule has 0 bridgehead atoms. The van der Waals surface area contributed by atoms with Crippen LogP contribution in [0, 0.1) is 0 Å². The van der Waals surface area contributed by atoms with Crippen LogP contribution in [-0.2, 0) is 11.3 Å². The lowest BCUT2D eigenvalue weighted by molar-refractivity contribution is -0.110. The summed E-state index contributed by atoms with van der Waals surface area (Å²) in [5.74, 6) is -0.0858. The van der Waals surface area contributed by atoms with Gasteiger partial charge in [0.15, 0.2) is 0 Å². The largest absolute Gasteiger partial charge is 0.508 e. The zero-order valence-corrected chi connectivity index (χ0v) is 18.0. The third kappa shape index (κ3) is 3.92. The fourth-order valence-electron chi connectivity index (χ4n) is 3.28. The Kier molecular flexibility index (Phi) is 5.51. The highest BCUT2D eigenvalue weighted by Crippen LogP contribution is 2.32. The molecule has 6 nitrogen and oxygen atoms in total. The van der Waals surface area contributed by atoms with Crippen LogP contribution in [0.1, 0.15) is 11.1 Å². The van der Waals surface area contributed by atoms with Crippen LogP contribution in [-0.4, -0.2) is 41.1 Å². The number of carbonyl (C=O) groups is 1. The van der Waals surface area contributed by atoms with Crippen molar-refractivity contribution in [2.75, 3.05) is 26.0 Å². The molecule has 1 aliphatic heterocycles. The lowest BCUT2D eigenvalue weighted by Gasteiger charge is -2.10. The molecule has 8 heteroatoms. The maximum atomic E-state index is 13.2. The molecule has 0 saturated carbocycles. The average molecular weight is 442 g/mol. The number of amides is 1. The Bertz CT molecular complexity index is 1310. The Hall–Kier alpha value is -2.87. The Labute approximate surface area is 182 Å². The molecule has 0 saturated heterocycles. The van der Waals surface area contributed by atoms with E-state index in [1.807, 2.05) is 19.0 Å². The third-order valence-corrected chi connectivity index (χ3v) is 6.17. The van der Waals surface area contributed by atoms with Crippen molar-refractivity contribution in [3.63, 3.8) is 0 Å². The van der Waals surface area contributed by atoms with Crippen LogP contribution >= 0.6 is 22.9 Å². The first-order valence-corrected chi connectivity index (χ1v) is 10.5. The second kappa shape index (κ2) is 8.10. The zero-order chi connectivity index (χ0) is 21.4. The van der Waals surface area contributed by atoms with Crippen LogP contribution in [0.2, 0.25) is 5.02 Å². The number of halogens is 1. The number of phenolic OH excluding ortho intramolecular Hbond substituents is 1. The van der Waals surface area contributed by atoms with E-state index < -0.39 is 0 Å². The molecule has 0 atom stereocenters. The Balaban J connectivity index is 1.99. The summed E-state index contributed by atoms with van der Waals surface area (Å²) in [5, 5.41) is 12.9. The lowest BCUT2D eigenvalue weighted by atomic mass is 10.1. The Morgan fingerprint density at radius 2 is 1.90 bits per heavy atom. The number of nitrogens with one attached hydrogen (secondary N) is 1. The molecule has 2 N–H and O–H groups in total. The zero-order valence-electron chi connectivity index (χ0n) is 16.5. The number of aromatic nitrogens is 1. The van der Waals surface area contributed by atoms with Gasteiger partial charge in [-0.15, -0.1) is 11.3 Å². The number of fused-ring (bicyclic) bond motifs is 1. The molecule has 30 heavy (non-hydrogen) atoms. The summed E-state index contributed by atoms with van der Waals surface area (Å²) in [5.41, 5.74) is 2.48. The van der Waals surface area contributed by atoms with Crippen molar-refractivity contribution in [3.8, 4) is 5.75 Å². The number of hydrogen-bond donors (Lipinski definition) is 2. The molecule has 0 spiro atoms. The van der Waals surface area contributed by atoms with Crippen LogP contribution in [0.5, 0.6) is 5.75 Å². The minimum absolute atomic E-state index is 0.152. The highest BCUT2D eigenvalue weighted by molar-refractivity contribution is 7.07. The maximum absolute atomic E-state index is 13.2. The van der Waals surface area contributed by atoms with Crippen LogP contribution in [0.4, 0.5) is 5.69 Å². The quantitative estimate of drug-likeness (QED) is 0.647. The van der Waals surface area contributed by atoms with Gasteiger partial charge in [0.05, 0.1) is 10.1 Å². The van der Waals surface area contributed by atoms with Crippen LogP contribution in [0.15, 0.2) is 47.3 Å². The number of anilines is 1. The van der Waals surface area contributed by atoms with Crippen molar-refractivity contribution in [2.45, 2.75) is 6.54 Å². The van der Waals surface area contributed by atoms with Crippen molar-refractivity contribution >= 4 is 46.2 Å². The second-order valence-corrected chi connectivity index (χ2v) is 8.75. The highest BCUT2D eigenvalue weighted by atomic mass is 35.5. The van der Waals surface area contributed by atoms with Gasteiger partial charge in [0.2, 0.25) is 0 Å². The summed E-state index contributed by atoms with van der Waals surface area (Å²) in [6.45, 7) is 1.10. The molecule has 1 aliphatic rings. The van der Waals surface area contributed by atoms with Crippen molar-refractivity contribution in [3.05, 3.63) is 78.2 Å². The number of aromatic hydroxyl groups is 1. The van der Waals surface area contributed by atoms with Gasteiger partial charge in [-0.25, -0.2) is 0 Å². The second-order valence-electron chi connectivity index (χ2n) is 7.29. The van der Waals surface area contributed by atoms with E-state index in [9.17, 15) is 14.7 Å². The summed E-state index contributed by atoms with van der Waals surface area (Å²) < 4.78 is 2.78. The standard InChI is InChI=1S/C22H20ClN3O3S/c1-25(2)9-10-26-21(29)18(11-13-3-6-15(27)7-4-13)30-22(26)19-16-12-14(23)5-8-17(16)24-20(19)28/h3-8,11-12,27H,9-10H2,1-2H3,(H,24,28)/b18-11?,22-19-.